The molecule has 0 aromatic carbocycles. The summed E-state index contributed by atoms with van der Waals surface area (Å²) in [6.07, 6.45) is 5.28. The standard InChI is InChI=1S/C17H27N3O/c1-13-11-14(2)19-17(16(13)12-18-15-5-6-15)21-10-9-20-7-3-4-8-20/h11,15,18H,3-10,12H2,1-2H3. The van der Waals surface area contributed by atoms with Gasteiger partial charge in [0, 0.05) is 30.4 Å². The van der Waals surface area contributed by atoms with E-state index < -0.39 is 0 Å². The van der Waals surface area contributed by atoms with Crippen LogP contribution in [0.25, 0.3) is 0 Å². The van der Waals surface area contributed by atoms with Crippen molar-refractivity contribution in [1.29, 1.82) is 0 Å². The molecule has 2 fully saturated rings. The largest absolute Gasteiger partial charge is 0.476 e. The Hall–Kier alpha value is -1.13. The highest BCUT2D eigenvalue weighted by Gasteiger charge is 2.21. The number of hydrogen-bond acceptors (Lipinski definition) is 4. The molecule has 1 aromatic rings. The van der Waals surface area contributed by atoms with Gasteiger partial charge in [0.1, 0.15) is 6.61 Å². The van der Waals surface area contributed by atoms with Gasteiger partial charge in [0.05, 0.1) is 0 Å². The second kappa shape index (κ2) is 6.75. The Bertz CT molecular complexity index is 479. The Morgan fingerprint density at radius 1 is 1.29 bits per heavy atom. The first-order valence-corrected chi connectivity index (χ1v) is 8.28. The molecule has 0 atom stereocenters. The molecule has 1 saturated heterocycles. The maximum Gasteiger partial charge on any atom is 0.218 e. The van der Waals surface area contributed by atoms with Gasteiger partial charge in [-0.1, -0.05) is 0 Å². The van der Waals surface area contributed by atoms with Gasteiger partial charge in [-0.2, -0.15) is 0 Å². The van der Waals surface area contributed by atoms with Crippen molar-refractivity contribution in [2.24, 2.45) is 0 Å². The van der Waals surface area contributed by atoms with E-state index in [4.69, 9.17) is 4.74 Å². The second-order valence-electron chi connectivity index (χ2n) is 6.42. The number of aryl methyl sites for hydroxylation is 2. The average Bonchev–Trinajstić information content (AvgIpc) is 3.12. The first-order chi connectivity index (χ1) is 10.2. The van der Waals surface area contributed by atoms with E-state index in [1.165, 1.54) is 49.9 Å². The van der Waals surface area contributed by atoms with E-state index in [2.05, 4.69) is 28.2 Å². The van der Waals surface area contributed by atoms with E-state index in [9.17, 15) is 0 Å². The Morgan fingerprint density at radius 3 is 2.76 bits per heavy atom. The highest BCUT2D eigenvalue weighted by atomic mass is 16.5. The minimum absolute atomic E-state index is 0.711. The van der Waals surface area contributed by atoms with Gasteiger partial charge >= 0.3 is 0 Å². The van der Waals surface area contributed by atoms with Crippen LogP contribution in [0.5, 0.6) is 5.88 Å². The van der Waals surface area contributed by atoms with Crippen LogP contribution in [0.4, 0.5) is 0 Å². The molecule has 0 amide bonds. The van der Waals surface area contributed by atoms with Gasteiger partial charge in [-0.3, -0.25) is 4.90 Å². The lowest BCUT2D eigenvalue weighted by atomic mass is 10.1. The summed E-state index contributed by atoms with van der Waals surface area (Å²) in [6.45, 7) is 9.28. The molecule has 0 radical (unpaired) electrons. The van der Waals surface area contributed by atoms with Gasteiger partial charge < -0.3 is 10.1 Å². The second-order valence-corrected chi connectivity index (χ2v) is 6.42. The monoisotopic (exact) mass is 289 g/mol. The Morgan fingerprint density at radius 2 is 2.05 bits per heavy atom. The minimum Gasteiger partial charge on any atom is -0.476 e. The molecule has 1 N–H and O–H groups in total. The number of nitrogens with one attached hydrogen (secondary N) is 1. The highest BCUT2D eigenvalue weighted by molar-refractivity contribution is 5.36. The Kier molecular flexibility index (Phi) is 4.76. The molecule has 1 saturated carbocycles. The lowest BCUT2D eigenvalue weighted by molar-refractivity contribution is 0.229. The minimum atomic E-state index is 0.711. The number of hydrogen-bond donors (Lipinski definition) is 1. The van der Waals surface area contributed by atoms with Crippen LogP contribution < -0.4 is 10.1 Å². The lowest BCUT2D eigenvalue weighted by Crippen LogP contribution is -2.26. The molecule has 0 unspecified atom stereocenters. The van der Waals surface area contributed by atoms with E-state index in [0.717, 1.165) is 31.3 Å². The van der Waals surface area contributed by atoms with Gasteiger partial charge in [-0.25, -0.2) is 4.98 Å². The zero-order valence-electron chi connectivity index (χ0n) is 13.3. The molecule has 0 spiro atoms. The molecule has 116 valence electrons. The van der Waals surface area contributed by atoms with E-state index in [1.54, 1.807) is 0 Å². The molecular weight excluding hydrogens is 262 g/mol. The predicted molar refractivity (Wildman–Crippen MR) is 84.7 cm³/mol. The average molecular weight is 289 g/mol. The van der Waals surface area contributed by atoms with E-state index in [0.29, 0.717) is 6.04 Å². The van der Waals surface area contributed by atoms with Crippen molar-refractivity contribution in [1.82, 2.24) is 15.2 Å². The van der Waals surface area contributed by atoms with Crippen molar-refractivity contribution >= 4 is 0 Å². The molecule has 1 aromatic heterocycles. The molecule has 1 aliphatic heterocycles. The zero-order valence-corrected chi connectivity index (χ0v) is 13.3. The van der Waals surface area contributed by atoms with Gasteiger partial charge in [0.2, 0.25) is 5.88 Å². The highest BCUT2D eigenvalue weighted by Crippen LogP contribution is 2.24. The van der Waals surface area contributed by atoms with Crippen molar-refractivity contribution in [3.63, 3.8) is 0 Å². The third-order valence-corrected chi connectivity index (χ3v) is 4.43. The molecule has 2 heterocycles. The Balaban J connectivity index is 1.60. The normalized spacial score (nSPS) is 19.1. The van der Waals surface area contributed by atoms with Gasteiger partial charge in [0.15, 0.2) is 0 Å². The summed E-state index contributed by atoms with van der Waals surface area (Å²) >= 11 is 0. The van der Waals surface area contributed by atoms with Crippen LogP contribution in [-0.4, -0.2) is 42.2 Å². The maximum absolute atomic E-state index is 6.02. The smallest absolute Gasteiger partial charge is 0.218 e. The number of likely N-dealkylation sites (tertiary alicyclic amines) is 1. The van der Waals surface area contributed by atoms with Crippen LogP contribution in [0.3, 0.4) is 0 Å². The van der Waals surface area contributed by atoms with Crippen molar-refractivity contribution in [2.45, 2.75) is 52.1 Å². The summed E-state index contributed by atoms with van der Waals surface area (Å²) in [5, 5.41) is 3.57. The van der Waals surface area contributed by atoms with E-state index in [1.807, 2.05) is 6.92 Å². The van der Waals surface area contributed by atoms with Crippen molar-refractivity contribution in [3.05, 3.63) is 22.9 Å². The van der Waals surface area contributed by atoms with Crippen LogP contribution in [-0.2, 0) is 6.54 Å². The first-order valence-electron chi connectivity index (χ1n) is 8.28. The fourth-order valence-corrected chi connectivity index (χ4v) is 2.97. The number of nitrogens with zero attached hydrogens (tertiary/aromatic N) is 2. The third kappa shape index (κ3) is 4.17. The third-order valence-electron chi connectivity index (χ3n) is 4.43. The van der Waals surface area contributed by atoms with E-state index >= 15 is 0 Å². The number of rotatable bonds is 7. The maximum atomic E-state index is 6.02. The topological polar surface area (TPSA) is 37.4 Å². The fourth-order valence-electron chi connectivity index (χ4n) is 2.97. The molecule has 2 aliphatic rings. The summed E-state index contributed by atoms with van der Waals surface area (Å²) in [7, 11) is 0. The molecule has 4 heteroatoms. The zero-order chi connectivity index (χ0) is 14.7. The SMILES string of the molecule is Cc1cc(C)c(CNC2CC2)c(OCCN2CCCC2)n1. The fraction of sp³-hybridized carbons (Fsp3) is 0.706. The first kappa shape index (κ1) is 14.8. The summed E-state index contributed by atoms with van der Waals surface area (Å²) in [6, 6.07) is 2.86. The lowest BCUT2D eigenvalue weighted by Gasteiger charge is -2.17. The molecular formula is C17H27N3O. The van der Waals surface area contributed by atoms with Gasteiger partial charge in [-0.05, 0) is 64.3 Å². The summed E-state index contributed by atoms with van der Waals surface area (Å²) in [4.78, 5) is 7.09. The number of ether oxygens (including phenoxy) is 1. The number of aromatic nitrogens is 1. The number of pyridine rings is 1. The van der Waals surface area contributed by atoms with Crippen LogP contribution >= 0.6 is 0 Å². The van der Waals surface area contributed by atoms with Crippen molar-refractivity contribution in [2.75, 3.05) is 26.2 Å². The molecule has 1 aliphatic carbocycles. The van der Waals surface area contributed by atoms with Crippen LogP contribution in [0.2, 0.25) is 0 Å². The molecule has 3 rings (SSSR count). The van der Waals surface area contributed by atoms with Crippen LogP contribution in [0, 0.1) is 13.8 Å². The Labute approximate surface area is 127 Å². The van der Waals surface area contributed by atoms with Crippen molar-refractivity contribution < 1.29 is 4.74 Å². The molecule has 4 nitrogen and oxygen atoms in total. The molecule has 0 bridgehead atoms. The van der Waals surface area contributed by atoms with Crippen LogP contribution in [0.1, 0.15) is 42.5 Å². The predicted octanol–water partition coefficient (Wildman–Crippen LogP) is 2.43. The summed E-state index contributed by atoms with van der Waals surface area (Å²) in [5.74, 6) is 0.833. The summed E-state index contributed by atoms with van der Waals surface area (Å²) < 4.78 is 6.02. The van der Waals surface area contributed by atoms with Crippen LogP contribution in [0.15, 0.2) is 6.07 Å². The van der Waals surface area contributed by atoms with Gasteiger partial charge in [-0.15, -0.1) is 0 Å². The van der Waals surface area contributed by atoms with Crippen molar-refractivity contribution in [3.8, 4) is 5.88 Å². The van der Waals surface area contributed by atoms with Gasteiger partial charge in [0.25, 0.3) is 0 Å². The quantitative estimate of drug-likeness (QED) is 0.836. The van der Waals surface area contributed by atoms with E-state index in [-0.39, 0.29) is 0 Å². The summed E-state index contributed by atoms with van der Waals surface area (Å²) in [5.41, 5.74) is 3.56. The molecule has 21 heavy (non-hydrogen) atoms.